The van der Waals surface area contributed by atoms with E-state index in [9.17, 15) is 0 Å². The molecule has 3 rings (SSSR count). The van der Waals surface area contributed by atoms with Gasteiger partial charge in [0.05, 0.1) is 5.52 Å². The van der Waals surface area contributed by atoms with Gasteiger partial charge in [0, 0.05) is 18.0 Å². The Bertz CT molecular complexity index is 839. The fourth-order valence-corrected chi connectivity index (χ4v) is 2.88. The van der Waals surface area contributed by atoms with Gasteiger partial charge in [-0.3, -0.25) is 5.41 Å². The van der Waals surface area contributed by atoms with Crippen molar-refractivity contribution < 1.29 is 0 Å². The first-order valence-electron chi connectivity index (χ1n) is 6.34. The van der Waals surface area contributed by atoms with Gasteiger partial charge in [0.2, 0.25) is 0 Å². The zero-order chi connectivity index (χ0) is 15.0. The lowest BCUT2D eigenvalue weighted by atomic mass is 10.1. The van der Waals surface area contributed by atoms with Crippen LogP contribution in [-0.4, -0.2) is 25.6 Å². The lowest BCUT2D eigenvalue weighted by Crippen LogP contribution is -2.13. The summed E-state index contributed by atoms with van der Waals surface area (Å²) in [7, 11) is 1.89. The second-order valence-electron chi connectivity index (χ2n) is 4.64. The highest BCUT2D eigenvalue weighted by Gasteiger charge is 2.14. The van der Waals surface area contributed by atoms with E-state index in [1.165, 1.54) is 11.8 Å². The molecule has 0 spiro atoms. The summed E-state index contributed by atoms with van der Waals surface area (Å²) in [5, 5.41) is 18.2. The number of aryl methyl sites for hydroxylation is 1. The lowest BCUT2D eigenvalue weighted by molar-refractivity contribution is 0.764. The maximum Gasteiger partial charge on any atom is 0.197 e. The van der Waals surface area contributed by atoms with Crippen LogP contribution in [0.15, 0.2) is 40.5 Å². The third kappa shape index (κ3) is 2.47. The average molecular weight is 298 g/mol. The van der Waals surface area contributed by atoms with Gasteiger partial charge in [-0.15, -0.1) is 10.2 Å². The van der Waals surface area contributed by atoms with Crippen LogP contribution in [-0.2, 0) is 7.05 Å². The van der Waals surface area contributed by atoms with Gasteiger partial charge in [0.25, 0.3) is 0 Å². The van der Waals surface area contributed by atoms with Crippen LogP contribution >= 0.6 is 11.8 Å². The molecule has 0 radical (unpaired) electrons. The SMILES string of the molecule is Cc1nnc(Sc2nc3ccccc3cc2C(=N)N)n1C. The smallest absolute Gasteiger partial charge is 0.197 e. The van der Waals surface area contributed by atoms with E-state index in [0.29, 0.717) is 10.6 Å². The van der Waals surface area contributed by atoms with E-state index in [4.69, 9.17) is 11.1 Å². The van der Waals surface area contributed by atoms with Crippen molar-refractivity contribution in [2.45, 2.75) is 17.1 Å². The number of nitrogens with one attached hydrogen (secondary N) is 1. The predicted molar refractivity (Wildman–Crippen MR) is 82.6 cm³/mol. The second-order valence-corrected chi connectivity index (χ2v) is 5.59. The molecule has 7 heteroatoms. The van der Waals surface area contributed by atoms with Gasteiger partial charge in [0.1, 0.15) is 16.7 Å². The Balaban J connectivity index is 2.13. The minimum Gasteiger partial charge on any atom is -0.384 e. The van der Waals surface area contributed by atoms with Crippen LogP contribution in [0.4, 0.5) is 0 Å². The quantitative estimate of drug-likeness (QED) is 0.570. The molecule has 2 aromatic heterocycles. The Morgan fingerprint density at radius 1 is 1.29 bits per heavy atom. The second kappa shape index (κ2) is 5.17. The van der Waals surface area contributed by atoms with Crippen molar-refractivity contribution in [2.24, 2.45) is 12.8 Å². The fraction of sp³-hybridized carbons (Fsp3) is 0.143. The number of pyridine rings is 1. The Kier molecular flexibility index (Phi) is 3.34. The molecule has 0 aliphatic carbocycles. The number of para-hydroxylation sites is 1. The molecule has 0 aliphatic heterocycles. The minimum absolute atomic E-state index is 0.00496. The summed E-state index contributed by atoms with van der Waals surface area (Å²) in [5.41, 5.74) is 7.16. The Hall–Kier alpha value is -2.41. The first-order chi connectivity index (χ1) is 10.1. The number of fused-ring (bicyclic) bond motifs is 1. The number of nitrogens with two attached hydrogens (primary N) is 1. The summed E-state index contributed by atoms with van der Waals surface area (Å²) in [6.45, 7) is 1.89. The van der Waals surface area contributed by atoms with Gasteiger partial charge in [-0.2, -0.15) is 0 Å². The number of amidine groups is 1. The third-order valence-electron chi connectivity index (χ3n) is 3.22. The highest BCUT2D eigenvalue weighted by atomic mass is 32.2. The summed E-state index contributed by atoms with van der Waals surface area (Å²) in [6.07, 6.45) is 0. The van der Waals surface area contributed by atoms with Gasteiger partial charge < -0.3 is 10.3 Å². The largest absolute Gasteiger partial charge is 0.384 e. The predicted octanol–water partition coefficient (Wildman–Crippen LogP) is 2.11. The monoisotopic (exact) mass is 298 g/mol. The molecule has 106 valence electrons. The van der Waals surface area contributed by atoms with E-state index in [-0.39, 0.29) is 5.84 Å². The van der Waals surface area contributed by atoms with Crippen LogP contribution in [0, 0.1) is 12.3 Å². The number of hydrogen-bond acceptors (Lipinski definition) is 5. The summed E-state index contributed by atoms with van der Waals surface area (Å²) in [6, 6.07) is 9.65. The summed E-state index contributed by atoms with van der Waals surface area (Å²) in [5.74, 6) is 0.817. The molecule has 0 atom stereocenters. The standard InChI is InChI=1S/C14H14N6S/c1-8-18-19-14(20(8)2)21-13-10(12(15)16)7-9-5-3-4-6-11(9)17-13/h3-7H,1-2H3,(H3,15,16). The molecule has 1 aromatic carbocycles. The van der Waals surface area contributed by atoms with E-state index in [0.717, 1.165) is 21.9 Å². The van der Waals surface area contributed by atoms with E-state index >= 15 is 0 Å². The zero-order valence-corrected chi connectivity index (χ0v) is 12.5. The Morgan fingerprint density at radius 2 is 2.05 bits per heavy atom. The molecule has 0 amide bonds. The van der Waals surface area contributed by atoms with E-state index < -0.39 is 0 Å². The van der Waals surface area contributed by atoms with Crippen molar-refractivity contribution in [2.75, 3.05) is 0 Å². The molecule has 6 nitrogen and oxygen atoms in total. The minimum atomic E-state index is -0.00496. The maximum absolute atomic E-state index is 7.76. The van der Waals surface area contributed by atoms with E-state index in [1.807, 2.05) is 48.9 Å². The Labute approximate surface area is 125 Å². The molecule has 21 heavy (non-hydrogen) atoms. The van der Waals surface area contributed by atoms with Gasteiger partial charge in [-0.25, -0.2) is 4.98 Å². The van der Waals surface area contributed by atoms with E-state index in [2.05, 4.69) is 15.2 Å². The fourth-order valence-electron chi connectivity index (χ4n) is 1.93. The first-order valence-corrected chi connectivity index (χ1v) is 7.16. The number of rotatable bonds is 3. The molecule has 0 saturated carbocycles. The lowest BCUT2D eigenvalue weighted by Gasteiger charge is -2.08. The summed E-state index contributed by atoms with van der Waals surface area (Å²) in [4.78, 5) is 4.60. The Morgan fingerprint density at radius 3 is 2.71 bits per heavy atom. The highest BCUT2D eigenvalue weighted by molar-refractivity contribution is 7.99. The molecule has 0 aliphatic rings. The number of benzene rings is 1. The normalized spacial score (nSPS) is 11.0. The van der Waals surface area contributed by atoms with Crippen LogP contribution in [0.2, 0.25) is 0 Å². The van der Waals surface area contributed by atoms with Gasteiger partial charge in [-0.05, 0) is 30.8 Å². The van der Waals surface area contributed by atoms with Crippen LogP contribution in [0.3, 0.4) is 0 Å². The molecule has 0 bridgehead atoms. The topological polar surface area (TPSA) is 93.5 Å². The van der Waals surface area contributed by atoms with Crippen molar-refractivity contribution in [1.29, 1.82) is 5.41 Å². The molecular weight excluding hydrogens is 284 g/mol. The maximum atomic E-state index is 7.76. The van der Waals surface area contributed by atoms with Crippen LogP contribution < -0.4 is 5.73 Å². The molecular formula is C14H14N6S. The van der Waals surface area contributed by atoms with Crippen LogP contribution in [0.25, 0.3) is 10.9 Å². The van der Waals surface area contributed by atoms with Gasteiger partial charge in [-0.1, -0.05) is 18.2 Å². The first kappa shape index (κ1) is 13.6. The van der Waals surface area contributed by atoms with Crippen LogP contribution in [0.5, 0.6) is 0 Å². The zero-order valence-electron chi connectivity index (χ0n) is 11.7. The summed E-state index contributed by atoms with van der Waals surface area (Å²) < 4.78 is 1.88. The highest BCUT2D eigenvalue weighted by Crippen LogP contribution is 2.29. The van der Waals surface area contributed by atoms with Crippen LogP contribution in [0.1, 0.15) is 11.4 Å². The summed E-state index contributed by atoms with van der Waals surface area (Å²) >= 11 is 1.36. The van der Waals surface area contributed by atoms with Crippen molar-refractivity contribution in [1.82, 2.24) is 19.7 Å². The average Bonchev–Trinajstić information content (AvgIpc) is 2.78. The van der Waals surface area contributed by atoms with Crippen molar-refractivity contribution in [3.8, 4) is 0 Å². The van der Waals surface area contributed by atoms with Crippen molar-refractivity contribution >= 4 is 28.5 Å². The molecule has 0 fully saturated rings. The number of nitrogen functional groups attached to an aromatic ring is 1. The molecule has 0 unspecified atom stereocenters. The number of nitrogens with zero attached hydrogens (tertiary/aromatic N) is 4. The number of aromatic nitrogens is 4. The van der Waals surface area contributed by atoms with Crippen molar-refractivity contribution in [3.05, 3.63) is 41.7 Å². The third-order valence-corrected chi connectivity index (χ3v) is 4.26. The number of hydrogen-bond donors (Lipinski definition) is 2. The van der Waals surface area contributed by atoms with E-state index in [1.54, 1.807) is 0 Å². The van der Waals surface area contributed by atoms with Gasteiger partial charge >= 0.3 is 0 Å². The van der Waals surface area contributed by atoms with Gasteiger partial charge in [0.15, 0.2) is 5.16 Å². The molecule has 3 N–H and O–H groups in total. The van der Waals surface area contributed by atoms with Crippen molar-refractivity contribution in [3.63, 3.8) is 0 Å². The molecule has 2 heterocycles. The molecule has 3 aromatic rings. The molecule has 0 saturated heterocycles.